The van der Waals surface area contributed by atoms with Crippen molar-refractivity contribution in [2.24, 2.45) is 4.99 Å². The summed E-state index contributed by atoms with van der Waals surface area (Å²) in [6.07, 6.45) is 0.738. The number of nitrogens with one attached hydrogen (secondary N) is 1. The monoisotopic (exact) mass is 377 g/mol. The van der Waals surface area contributed by atoms with Crippen molar-refractivity contribution in [3.63, 3.8) is 0 Å². The van der Waals surface area contributed by atoms with E-state index in [-0.39, 0.29) is 0 Å². The van der Waals surface area contributed by atoms with Crippen LogP contribution in [0.15, 0.2) is 34.0 Å². The SMILES string of the molecule is CN=C(NCCc1c(OC)cc(OC)cc1OC)N(C)Cc1ccsc1. The molecule has 0 radical (unpaired) electrons. The highest BCUT2D eigenvalue weighted by atomic mass is 32.1. The van der Waals surface area contributed by atoms with Gasteiger partial charge in [-0.1, -0.05) is 0 Å². The number of nitrogens with zero attached hydrogens (tertiary/aromatic N) is 2. The van der Waals surface area contributed by atoms with Gasteiger partial charge in [0, 0.05) is 44.9 Å². The zero-order valence-corrected chi connectivity index (χ0v) is 16.9. The first-order valence-corrected chi connectivity index (χ1v) is 9.29. The molecule has 142 valence electrons. The van der Waals surface area contributed by atoms with Crippen molar-refractivity contribution in [1.29, 1.82) is 0 Å². The summed E-state index contributed by atoms with van der Waals surface area (Å²) in [4.78, 5) is 6.47. The van der Waals surface area contributed by atoms with Crippen molar-refractivity contribution < 1.29 is 14.2 Å². The molecular weight excluding hydrogens is 350 g/mol. The summed E-state index contributed by atoms with van der Waals surface area (Å²) >= 11 is 1.70. The molecule has 0 aliphatic rings. The van der Waals surface area contributed by atoms with Gasteiger partial charge >= 0.3 is 0 Å². The van der Waals surface area contributed by atoms with E-state index in [0.717, 1.165) is 36.0 Å². The maximum Gasteiger partial charge on any atom is 0.193 e. The third-order valence-electron chi connectivity index (χ3n) is 4.05. The standard InChI is InChI=1S/C19H27N3O3S/c1-20-19(22(2)12-14-7-9-26-13-14)21-8-6-16-17(24-4)10-15(23-3)11-18(16)25-5/h7,9-11,13H,6,8,12H2,1-5H3,(H,20,21). The Labute approximate surface area is 159 Å². The molecule has 1 aromatic heterocycles. The summed E-state index contributed by atoms with van der Waals surface area (Å²) in [5.74, 6) is 3.07. The number of hydrogen-bond acceptors (Lipinski definition) is 5. The topological polar surface area (TPSA) is 55.3 Å². The minimum absolute atomic E-state index is 0.708. The summed E-state index contributed by atoms with van der Waals surface area (Å²) in [6.45, 7) is 1.53. The molecule has 0 bridgehead atoms. The second-order valence-electron chi connectivity index (χ2n) is 5.72. The second kappa shape index (κ2) is 9.91. The van der Waals surface area contributed by atoms with E-state index in [0.29, 0.717) is 12.3 Å². The molecule has 6 nitrogen and oxygen atoms in total. The van der Waals surface area contributed by atoms with E-state index < -0.39 is 0 Å². The Bertz CT molecular complexity index is 692. The van der Waals surface area contributed by atoms with Crippen LogP contribution in [0.25, 0.3) is 0 Å². The van der Waals surface area contributed by atoms with Gasteiger partial charge in [-0.15, -0.1) is 0 Å². The molecule has 0 unspecified atom stereocenters. The van der Waals surface area contributed by atoms with Gasteiger partial charge < -0.3 is 24.4 Å². The molecule has 0 saturated carbocycles. The van der Waals surface area contributed by atoms with E-state index in [1.807, 2.05) is 19.2 Å². The first-order chi connectivity index (χ1) is 12.6. The van der Waals surface area contributed by atoms with E-state index in [4.69, 9.17) is 14.2 Å². The predicted molar refractivity (Wildman–Crippen MR) is 107 cm³/mol. The van der Waals surface area contributed by atoms with Gasteiger partial charge in [0.2, 0.25) is 0 Å². The van der Waals surface area contributed by atoms with Gasteiger partial charge in [0.25, 0.3) is 0 Å². The van der Waals surface area contributed by atoms with Crippen LogP contribution in [0.5, 0.6) is 17.2 Å². The van der Waals surface area contributed by atoms with Gasteiger partial charge in [-0.25, -0.2) is 0 Å². The molecule has 0 aliphatic heterocycles. The van der Waals surface area contributed by atoms with E-state index in [2.05, 4.69) is 32.0 Å². The van der Waals surface area contributed by atoms with Crippen molar-refractivity contribution in [2.75, 3.05) is 42.0 Å². The normalized spacial score (nSPS) is 11.2. The number of methoxy groups -OCH3 is 3. The van der Waals surface area contributed by atoms with Crippen LogP contribution in [0.1, 0.15) is 11.1 Å². The zero-order chi connectivity index (χ0) is 18.9. The van der Waals surface area contributed by atoms with Crippen LogP contribution in [-0.4, -0.2) is 52.8 Å². The van der Waals surface area contributed by atoms with Gasteiger partial charge in [0.05, 0.1) is 21.3 Å². The second-order valence-corrected chi connectivity index (χ2v) is 6.50. The van der Waals surface area contributed by atoms with Crippen LogP contribution in [0.3, 0.4) is 0 Å². The van der Waals surface area contributed by atoms with Crippen LogP contribution >= 0.6 is 11.3 Å². The van der Waals surface area contributed by atoms with Crippen LogP contribution in [0.2, 0.25) is 0 Å². The molecule has 1 N–H and O–H groups in total. The lowest BCUT2D eigenvalue weighted by molar-refractivity contribution is 0.368. The highest BCUT2D eigenvalue weighted by Gasteiger charge is 2.14. The highest BCUT2D eigenvalue weighted by molar-refractivity contribution is 7.07. The quantitative estimate of drug-likeness (QED) is 0.566. The summed E-state index contributed by atoms with van der Waals surface area (Å²) < 4.78 is 16.3. The lowest BCUT2D eigenvalue weighted by Gasteiger charge is -2.22. The van der Waals surface area contributed by atoms with Crippen molar-refractivity contribution in [2.45, 2.75) is 13.0 Å². The minimum atomic E-state index is 0.708. The van der Waals surface area contributed by atoms with E-state index in [1.54, 1.807) is 39.7 Å². The number of rotatable bonds is 8. The molecule has 0 atom stereocenters. The van der Waals surface area contributed by atoms with Gasteiger partial charge in [-0.05, 0) is 28.8 Å². The molecule has 26 heavy (non-hydrogen) atoms. The van der Waals surface area contributed by atoms with Crippen LogP contribution in [0, 0.1) is 0 Å². The van der Waals surface area contributed by atoms with E-state index in [1.165, 1.54) is 5.56 Å². The van der Waals surface area contributed by atoms with E-state index >= 15 is 0 Å². The van der Waals surface area contributed by atoms with Gasteiger partial charge in [-0.3, -0.25) is 4.99 Å². The molecule has 1 aromatic carbocycles. The summed E-state index contributed by atoms with van der Waals surface area (Å²) in [7, 11) is 8.75. The fraction of sp³-hybridized carbons (Fsp3) is 0.421. The van der Waals surface area contributed by atoms with Crippen molar-refractivity contribution in [3.8, 4) is 17.2 Å². The molecule has 7 heteroatoms. The Morgan fingerprint density at radius 2 is 1.85 bits per heavy atom. The minimum Gasteiger partial charge on any atom is -0.496 e. The van der Waals surface area contributed by atoms with Gasteiger partial charge in [0.1, 0.15) is 17.2 Å². The Hall–Kier alpha value is -2.41. The summed E-state index contributed by atoms with van der Waals surface area (Å²) in [5, 5.41) is 7.63. The zero-order valence-electron chi connectivity index (χ0n) is 16.0. The third-order valence-corrected chi connectivity index (χ3v) is 4.78. The number of guanidine groups is 1. The maximum atomic E-state index is 5.50. The summed E-state index contributed by atoms with van der Waals surface area (Å²) in [6, 6.07) is 5.87. The van der Waals surface area contributed by atoms with E-state index in [9.17, 15) is 0 Å². The van der Waals surface area contributed by atoms with Crippen LogP contribution in [0.4, 0.5) is 0 Å². The number of aliphatic imine (C=N–C) groups is 1. The largest absolute Gasteiger partial charge is 0.496 e. The number of ether oxygens (including phenoxy) is 3. The smallest absolute Gasteiger partial charge is 0.193 e. The predicted octanol–water partition coefficient (Wildman–Crippen LogP) is 3.02. The Kier molecular flexibility index (Phi) is 7.59. The Morgan fingerprint density at radius 3 is 2.35 bits per heavy atom. The highest BCUT2D eigenvalue weighted by Crippen LogP contribution is 2.34. The fourth-order valence-electron chi connectivity index (χ4n) is 2.74. The lowest BCUT2D eigenvalue weighted by Crippen LogP contribution is -2.39. The first kappa shape index (κ1) is 19.9. The van der Waals surface area contributed by atoms with Crippen LogP contribution < -0.4 is 19.5 Å². The molecule has 0 aliphatic carbocycles. The average Bonchev–Trinajstić information content (AvgIpc) is 3.17. The average molecular weight is 378 g/mol. The molecule has 0 fully saturated rings. The maximum absolute atomic E-state index is 5.50. The van der Waals surface area contributed by atoms with Crippen molar-refractivity contribution in [1.82, 2.24) is 10.2 Å². The van der Waals surface area contributed by atoms with Gasteiger partial charge in [-0.2, -0.15) is 11.3 Å². The number of hydrogen-bond donors (Lipinski definition) is 1. The number of benzene rings is 1. The first-order valence-electron chi connectivity index (χ1n) is 8.34. The molecule has 0 saturated heterocycles. The summed E-state index contributed by atoms with van der Waals surface area (Å²) in [5.41, 5.74) is 2.28. The van der Waals surface area contributed by atoms with Crippen LogP contribution in [-0.2, 0) is 13.0 Å². The van der Waals surface area contributed by atoms with Crippen molar-refractivity contribution >= 4 is 17.3 Å². The third kappa shape index (κ3) is 5.05. The molecule has 0 amide bonds. The Balaban J connectivity index is 2.01. The van der Waals surface area contributed by atoms with Crippen molar-refractivity contribution in [3.05, 3.63) is 40.1 Å². The van der Waals surface area contributed by atoms with Gasteiger partial charge in [0.15, 0.2) is 5.96 Å². The molecule has 1 heterocycles. The molecular formula is C19H27N3O3S. The molecule has 2 rings (SSSR count). The molecule has 0 spiro atoms. The number of thiophene rings is 1. The fourth-order valence-corrected chi connectivity index (χ4v) is 3.40. The molecule has 2 aromatic rings. The Morgan fingerprint density at radius 1 is 1.15 bits per heavy atom. The lowest BCUT2D eigenvalue weighted by atomic mass is 10.1.